The van der Waals surface area contributed by atoms with E-state index in [0.717, 1.165) is 0 Å². The lowest BCUT2D eigenvalue weighted by atomic mass is 10.1. The van der Waals surface area contributed by atoms with Gasteiger partial charge in [-0.1, -0.05) is 6.92 Å². The maximum absolute atomic E-state index is 11.0. The predicted octanol–water partition coefficient (Wildman–Crippen LogP) is 2.68. The molecule has 0 fully saturated rings. The first-order chi connectivity index (χ1) is 9.44. The van der Waals surface area contributed by atoms with Gasteiger partial charge in [-0.15, -0.1) is 0 Å². The van der Waals surface area contributed by atoms with Gasteiger partial charge in [-0.05, 0) is 31.5 Å². The number of hydrogen-bond acceptors (Lipinski definition) is 5. The molecule has 1 heterocycles. The zero-order valence-corrected chi connectivity index (χ0v) is 11.4. The van der Waals surface area contributed by atoms with Gasteiger partial charge in [-0.25, -0.2) is 4.98 Å². The standard InChI is InChI=1S/C14H16N2O4/c1-3-14(2,17)9-20-12-7-6-11(16(18)19)13-10(12)5-4-8-15-13/h4-8,17H,3,9H2,1-2H3. The van der Waals surface area contributed by atoms with Crippen LogP contribution in [0.25, 0.3) is 10.9 Å². The van der Waals surface area contributed by atoms with Crippen molar-refractivity contribution in [3.63, 3.8) is 0 Å². The van der Waals surface area contributed by atoms with Crippen molar-refractivity contribution < 1.29 is 14.8 Å². The molecule has 6 heteroatoms. The van der Waals surface area contributed by atoms with Crippen LogP contribution in [0.5, 0.6) is 5.75 Å². The largest absolute Gasteiger partial charge is 0.490 e. The first-order valence-corrected chi connectivity index (χ1v) is 6.32. The summed E-state index contributed by atoms with van der Waals surface area (Å²) in [7, 11) is 0. The number of ether oxygens (including phenoxy) is 1. The third-order valence-electron chi connectivity index (χ3n) is 3.21. The van der Waals surface area contributed by atoms with Crippen LogP contribution >= 0.6 is 0 Å². The number of nitrogens with zero attached hydrogens (tertiary/aromatic N) is 2. The van der Waals surface area contributed by atoms with Crippen molar-refractivity contribution in [2.24, 2.45) is 0 Å². The molecule has 0 saturated carbocycles. The zero-order chi connectivity index (χ0) is 14.8. The minimum absolute atomic E-state index is 0.0600. The molecule has 0 radical (unpaired) electrons. The Bertz CT molecular complexity index is 640. The number of nitro groups is 1. The van der Waals surface area contributed by atoms with E-state index in [1.807, 2.05) is 6.92 Å². The first-order valence-electron chi connectivity index (χ1n) is 6.32. The molecule has 20 heavy (non-hydrogen) atoms. The highest BCUT2D eigenvalue weighted by atomic mass is 16.6. The Hall–Kier alpha value is -2.21. The third-order valence-corrected chi connectivity index (χ3v) is 3.21. The summed E-state index contributed by atoms with van der Waals surface area (Å²) in [6.45, 7) is 3.66. The van der Waals surface area contributed by atoms with Crippen LogP contribution in [0.1, 0.15) is 20.3 Å². The van der Waals surface area contributed by atoms with Crippen LogP contribution in [0.3, 0.4) is 0 Å². The fourth-order valence-electron chi connectivity index (χ4n) is 1.74. The molecule has 0 spiro atoms. The van der Waals surface area contributed by atoms with E-state index >= 15 is 0 Å². The molecular formula is C14H16N2O4. The average molecular weight is 276 g/mol. The molecule has 6 nitrogen and oxygen atoms in total. The van der Waals surface area contributed by atoms with Gasteiger partial charge in [-0.2, -0.15) is 0 Å². The van der Waals surface area contributed by atoms with Crippen LogP contribution in [0.2, 0.25) is 0 Å². The van der Waals surface area contributed by atoms with Gasteiger partial charge in [0.15, 0.2) is 5.52 Å². The molecule has 106 valence electrons. The van der Waals surface area contributed by atoms with Gasteiger partial charge in [0, 0.05) is 17.6 Å². The Morgan fingerprint density at radius 2 is 2.20 bits per heavy atom. The SMILES string of the molecule is CCC(C)(O)COc1ccc([N+](=O)[O-])c2ncccc12. The van der Waals surface area contributed by atoms with Crippen molar-refractivity contribution in [1.82, 2.24) is 4.98 Å². The van der Waals surface area contributed by atoms with Gasteiger partial charge in [0.2, 0.25) is 0 Å². The number of non-ortho nitro benzene ring substituents is 1. The van der Waals surface area contributed by atoms with Crippen molar-refractivity contribution in [2.45, 2.75) is 25.9 Å². The molecule has 1 aromatic heterocycles. The first kappa shape index (κ1) is 14.2. The number of fused-ring (bicyclic) bond motifs is 1. The fourth-order valence-corrected chi connectivity index (χ4v) is 1.74. The second-order valence-electron chi connectivity index (χ2n) is 4.88. The summed E-state index contributed by atoms with van der Waals surface area (Å²) >= 11 is 0. The summed E-state index contributed by atoms with van der Waals surface area (Å²) < 4.78 is 5.60. The van der Waals surface area contributed by atoms with E-state index in [1.165, 1.54) is 18.3 Å². The summed E-state index contributed by atoms with van der Waals surface area (Å²) in [4.78, 5) is 14.5. The second-order valence-corrected chi connectivity index (χ2v) is 4.88. The van der Waals surface area contributed by atoms with Gasteiger partial charge >= 0.3 is 0 Å². The summed E-state index contributed by atoms with van der Waals surface area (Å²) in [5.74, 6) is 0.479. The topological polar surface area (TPSA) is 85.5 Å². The Morgan fingerprint density at radius 3 is 2.85 bits per heavy atom. The molecule has 0 saturated heterocycles. The van der Waals surface area contributed by atoms with Crippen LogP contribution in [0.4, 0.5) is 5.69 Å². The van der Waals surface area contributed by atoms with Gasteiger partial charge in [0.25, 0.3) is 5.69 Å². The highest BCUT2D eigenvalue weighted by Gasteiger charge is 2.21. The minimum Gasteiger partial charge on any atom is -0.490 e. The van der Waals surface area contributed by atoms with Gasteiger partial charge in [0.1, 0.15) is 12.4 Å². The molecule has 2 aromatic rings. The summed E-state index contributed by atoms with van der Waals surface area (Å²) in [6, 6.07) is 6.31. The molecule has 2 rings (SSSR count). The van der Waals surface area contributed by atoms with Gasteiger partial charge in [-0.3, -0.25) is 10.1 Å². The van der Waals surface area contributed by atoms with E-state index in [1.54, 1.807) is 19.1 Å². The predicted molar refractivity (Wildman–Crippen MR) is 74.8 cm³/mol. The van der Waals surface area contributed by atoms with E-state index < -0.39 is 10.5 Å². The van der Waals surface area contributed by atoms with Gasteiger partial charge < -0.3 is 9.84 Å². The quantitative estimate of drug-likeness (QED) is 0.670. The zero-order valence-electron chi connectivity index (χ0n) is 11.4. The number of benzene rings is 1. The molecule has 0 aliphatic carbocycles. The minimum atomic E-state index is -0.934. The van der Waals surface area contributed by atoms with Crippen LogP contribution in [-0.4, -0.2) is 27.2 Å². The normalized spacial score (nSPS) is 13.9. The lowest BCUT2D eigenvalue weighted by molar-refractivity contribution is -0.383. The van der Waals surface area contributed by atoms with E-state index in [2.05, 4.69) is 4.98 Å². The monoisotopic (exact) mass is 276 g/mol. The van der Waals surface area contributed by atoms with E-state index in [9.17, 15) is 15.2 Å². The molecule has 1 atom stereocenters. The molecular weight excluding hydrogens is 260 g/mol. The Labute approximate surface area is 116 Å². The van der Waals surface area contributed by atoms with Crippen molar-refractivity contribution in [3.8, 4) is 5.75 Å². The number of aliphatic hydroxyl groups is 1. The number of hydrogen-bond donors (Lipinski definition) is 1. The van der Waals surface area contributed by atoms with Crippen molar-refractivity contribution in [1.29, 1.82) is 0 Å². The number of aromatic nitrogens is 1. The lowest BCUT2D eigenvalue weighted by Gasteiger charge is -2.21. The number of pyridine rings is 1. The van der Waals surface area contributed by atoms with E-state index in [4.69, 9.17) is 4.74 Å². The molecule has 0 aliphatic rings. The summed E-state index contributed by atoms with van der Waals surface area (Å²) in [5, 5.41) is 21.5. The average Bonchev–Trinajstić information content (AvgIpc) is 2.44. The van der Waals surface area contributed by atoms with E-state index in [-0.39, 0.29) is 17.8 Å². The summed E-state index contributed by atoms with van der Waals surface area (Å²) in [6.07, 6.45) is 2.05. The Balaban J connectivity index is 2.41. The summed E-state index contributed by atoms with van der Waals surface area (Å²) in [5.41, 5.74) is -0.711. The van der Waals surface area contributed by atoms with Crippen molar-refractivity contribution in [2.75, 3.05) is 6.61 Å². The third kappa shape index (κ3) is 2.85. The molecule has 1 aromatic carbocycles. The highest BCUT2D eigenvalue weighted by Crippen LogP contribution is 2.31. The van der Waals surface area contributed by atoms with Crippen LogP contribution in [0.15, 0.2) is 30.5 Å². The molecule has 1 unspecified atom stereocenters. The van der Waals surface area contributed by atoms with Crippen LogP contribution < -0.4 is 4.74 Å². The smallest absolute Gasteiger partial charge is 0.295 e. The number of nitro benzene ring substituents is 1. The van der Waals surface area contributed by atoms with Crippen LogP contribution in [0, 0.1) is 10.1 Å². The second kappa shape index (κ2) is 5.42. The molecule has 1 N–H and O–H groups in total. The highest BCUT2D eigenvalue weighted by molar-refractivity contribution is 5.91. The fraction of sp³-hybridized carbons (Fsp3) is 0.357. The van der Waals surface area contributed by atoms with E-state index in [0.29, 0.717) is 17.6 Å². The Kier molecular flexibility index (Phi) is 3.85. The van der Waals surface area contributed by atoms with Crippen LogP contribution in [-0.2, 0) is 0 Å². The van der Waals surface area contributed by atoms with Crippen molar-refractivity contribution in [3.05, 3.63) is 40.6 Å². The molecule has 0 bridgehead atoms. The molecule has 0 aliphatic heterocycles. The maximum Gasteiger partial charge on any atom is 0.295 e. The number of rotatable bonds is 5. The molecule has 0 amide bonds. The lowest BCUT2D eigenvalue weighted by Crippen LogP contribution is -2.31. The van der Waals surface area contributed by atoms with Gasteiger partial charge in [0.05, 0.1) is 10.5 Å². The van der Waals surface area contributed by atoms with Crippen molar-refractivity contribution >= 4 is 16.6 Å². The maximum atomic E-state index is 11.0. The Morgan fingerprint density at radius 1 is 1.45 bits per heavy atom.